The van der Waals surface area contributed by atoms with Crippen molar-refractivity contribution in [2.45, 2.75) is 50.3 Å². The summed E-state index contributed by atoms with van der Waals surface area (Å²) < 4.78 is 11.5. The van der Waals surface area contributed by atoms with Gasteiger partial charge in [0.15, 0.2) is 0 Å². The molecule has 28 heavy (non-hydrogen) atoms. The van der Waals surface area contributed by atoms with Gasteiger partial charge >= 0.3 is 0 Å². The van der Waals surface area contributed by atoms with Crippen molar-refractivity contribution in [3.05, 3.63) is 24.1 Å². The molecule has 5 rings (SSSR count). The quantitative estimate of drug-likeness (QED) is 0.753. The molecule has 9 heteroatoms. The van der Waals surface area contributed by atoms with E-state index in [0.29, 0.717) is 42.8 Å². The van der Waals surface area contributed by atoms with Crippen LogP contribution in [0, 0.1) is 0 Å². The van der Waals surface area contributed by atoms with E-state index in [4.69, 9.17) is 19.2 Å². The summed E-state index contributed by atoms with van der Waals surface area (Å²) in [4.78, 5) is 28.0. The van der Waals surface area contributed by atoms with Crippen molar-refractivity contribution in [2.24, 2.45) is 0 Å². The predicted octanol–water partition coefficient (Wildman–Crippen LogP) is 1.44. The Morgan fingerprint density at radius 1 is 1.32 bits per heavy atom. The Balaban J connectivity index is 0.000000442. The number of aromatic nitrogens is 2. The van der Waals surface area contributed by atoms with Crippen molar-refractivity contribution < 1.29 is 24.0 Å². The molecule has 1 spiro atoms. The fourth-order valence-corrected chi connectivity index (χ4v) is 4.55. The molecule has 5 heterocycles. The number of hydrogen-bond donors (Lipinski definition) is 2. The Morgan fingerprint density at radius 3 is 2.75 bits per heavy atom. The molecule has 0 aliphatic carbocycles. The maximum Gasteiger partial charge on any atom is 0.300 e. The molecule has 3 atom stereocenters. The Morgan fingerprint density at radius 2 is 2.04 bits per heavy atom. The number of rotatable bonds is 1. The number of piperidine rings is 1. The van der Waals surface area contributed by atoms with Crippen LogP contribution in [0.25, 0.3) is 11.0 Å². The van der Waals surface area contributed by atoms with Gasteiger partial charge < -0.3 is 24.6 Å². The molecule has 0 aromatic carbocycles. The van der Waals surface area contributed by atoms with E-state index in [2.05, 4.69) is 15.5 Å². The van der Waals surface area contributed by atoms with E-state index in [0.717, 1.165) is 19.8 Å². The summed E-state index contributed by atoms with van der Waals surface area (Å²) in [5.41, 5.74) is 0.266. The highest BCUT2D eigenvalue weighted by Gasteiger charge is 2.48. The first kappa shape index (κ1) is 18.8. The van der Waals surface area contributed by atoms with E-state index < -0.39 is 5.97 Å². The monoisotopic (exact) mass is 388 g/mol. The van der Waals surface area contributed by atoms with Gasteiger partial charge in [0.2, 0.25) is 11.4 Å². The molecule has 2 N–H and O–H groups in total. The maximum atomic E-state index is 13.0. The summed E-state index contributed by atoms with van der Waals surface area (Å²) in [5, 5.41) is 15.6. The highest BCUT2D eigenvalue weighted by atomic mass is 16.5. The molecule has 2 bridgehead atoms. The van der Waals surface area contributed by atoms with Crippen molar-refractivity contribution in [3.8, 4) is 0 Å². The van der Waals surface area contributed by atoms with E-state index in [1.54, 1.807) is 12.3 Å². The van der Waals surface area contributed by atoms with Crippen molar-refractivity contribution in [3.63, 3.8) is 0 Å². The topological polar surface area (TPSA) is 118 Å². The lowest BCUT2D eigenvalue weighted by molar-refractivity contribution is -0.134. The number of morpholine rings is 1. The fourth-order valence-electron chi connectivity index (χ4n) is 4.55. The first-order valence-electron chi connectivity index (χ1n) is 9.55. The number of pyridine rings is 1. The molecule has 9 nitrogen and oxygen atoms in total. The van der Waals surface area contributed by atoms with Crippen LogP contribution in [0.15, 0.2) is 22.9 Å². The van der Waals surface area contributed by atoms with Crippen LogP contribution >= 0.6 is 0 Å². The number of fused-ring (bicyclic) bond motifs is 3. The molecular weight excluding hydrogens is 364 g/mol. The van der Waals surface area contributed by atoms with Gasteiger partial charge in [-0.1, -0.05) is 5.16 Å². The van der Waals surface area contributed by atoms with Gasteiger partial charge in [-0.25, -0.2) is 4.98 Å². The first-order valence-corrected chi connectivity index (χ1v) is 9.55. The molecule has 0 radical (unpaired) electrons. The number of aliphatic carboxylic acids is 1. The molecule has 3 aliphatic heterocycles. The Bertz CT molecular complexity index is 866. The smallest absolute Gasteiger partial charge is 0.300 e. The number of carbonyl (C=O) groups is 2. The van der Waals surface area contributed by atoms with E-state index in [9.17, 15) is 4.79 Å². The Hall–Kier alpha value is -2.52. The highest BCUT2D eigenvalue weighted by molar-refractivity contribution is 6.02. The Kier molecular flexibility index (Phi) is 5.03. The van der Waals surface area contributed by atoms with Crippen LogP contribution in [0.1, 0.15) is 43.2 Å². The van der Waals surface area contributed by atoms with Gasteiger partial charge in [0, 0.05) is 31.7 Å². The lowest BCUT2D eigenvalue weighted by atomic mass is 9.85. The average Bonchev–Trinajstić information content (AvgIpc) is 3.24. The predicted molar refractivity (Wildman–Crippen MR) is 98.9 cm³/mol. The zero-order chi connectivity index (χ0) is 19.7. The number of amides is 1. The van der Waals surface area contributed by atoms with Crippen LogP contribution in [-0.4, -0.2) is 69.4 Å². The van der Waals surface area contributed by atoms with Crippen LogP contribution < -0.4 is 5.32 Å². The van der Waals surface area contributed by atoms with Gasteiger partial charge in [0.1, 0.15) is 0 Å². The number of carboxylic acid groups (broad SMARTS) is 1. The molecule has 1 unspecified atom stereocenters. The van der Waals surface area contributed by atoms with Crippen molar-refractivity contribution in [1.29, 1.82) is 0 Å². The zero-order valence-corrected chi connectivity index (χ0v) is 15.8. The fraction of sp³-hybridized carbons (Fsp3) is 0.579. The van der Waals surface area contributed by atoms with Gasteiger partial charge in [-0.15, -0.1) is 0 Å². The number of ether oxygens (including phenoxy) is 1. The van der Waals surface area contributed by atoms with Gasteiger partial charge in [0.25, 0.3) is 11.9 Å². The van der Waals surface area contributed by atoms with E-state index in [-0.39, 0.29) is 17.3 Å². The molecular formula is C19H24N4O5. The minimum atomic E-state index is -0.833. The number of carbonyl (C=O) groups excluding carboxylic acids is 1. The summed E-state index contributed by atoms with van der Waals surface area (Å²) in [6.45, 7) is 2.88. The minimum absolute atomic E-state index is 0.112. The van der Waals surface area contributed by atoms with Gasteiger partial charge in [-0.05, 0) is 37.8 Å². The summed E-state index contributed by atoms with van der Waals surface area (Å²) in [6, 6.07) is 4.66. The number of nitrogens with one attached hydrogen (secondary N) is 1. The summed E-state index contributed by atoms with van der Waals surface area (Å²) in [7, 11) is 0. The molecule has 150 valence electrons. The van der Waals surface area contributed by atoms with Crippen LogP contribution in [0.4, 0.5) is 0 Å². The summed E-state index contributed by atoms with van der Waals surface area (Å²) in [5.74, 6) is -0.661. The van der Waals surface area contributed by atoms with E-state index in [1.807, 2.05) is 11.0 Å². The maximum absolute atomic E-state index is 13.0. The molecule has 3 saturated heterocycles. The van der Waals surface area contributed by atoms with Crippen LogP contribution in [0.3, 0.4) is 0 Å². The molecule has 3 fully saturated rings. The second-order valence-corrected chi connectivity index (χ2v) is 7.71. The van der Waals surface area contributed by atoms with E-state index >= 15 is 0 Å². The van der Waals surface area contributed by atoms with Crippen LogP contribution in [-0.2, 0) is 9.53 Å². The molecule has 2 aromatic heterocycles. The van der Waals surface area contributed by atoms with Crippen molar-refractivity contribution in [1.82, 2.24) is 20.4 Å². The third-order valence-electron chi connectivity index (χ3n) is 5.56. The van der Waals surface area contributed by atoms with E-state index in [1.165, 1.54) is 12.8 Å². The van der Waals surface area contributed by atoms with Crippen LogP contribution in [0.5, 0.6) is 0 Å². The molecule has 1 amide bonds. The lowest BCUT2D eigenvalue weighted by Gasteiger charge is -2.47. The second-order valence-electron chi connectivity index (χ2n) is 7.71. The number of carboxylic acids is 1. The summed E-state index contributed by atoms with van der Waals surface area (Å²) in [6.07, 6.45) is 6.02. The van der Waals surface area contributed by atoms with Crippen molar-refractivity contribution in [2.75, 3.05) is 19.7 Å². The van der Waals surface area contributed by atoms with Gasteiger partial charge in [0.05, 0.1) is 24.1 Å². The third kappa shape index (κ3) is 3.72. The number of hydrogen-bond acceptors (Lipinski definition) is 7. The minimum Gasteiger partial charge on any atom is -0.481 e. The average molecular weight is 388 g/mol. The standard InChI is InChI=1S/C17H20N4O3.C2H4O2/c22-16(14-13-2-1-5-18-15(13)20-24-14)21-6-7-23-17(10-21)8-11-3-4-12(9-17)19-11;1-2(3)4/h1-2,5,11-12,19H,3-4,6-10H2;1H3,(H,3,4)/t11-,12+,17?;. The third-order valence-corrected chi connectivity index (χ3v) is 5.56. The number of nitrogens with zero attached hydrogens (tertiary/aromatic N) is 3. The normalized spacial score (nSPS) is 28.8. The highest BCUT2D eigenvalue weighted by Crippen LogP contribution is 2.38. The lowest BCUT2D eigenvalue weighted by Crippen LogP contribution is -2.60. The first-order chi connectivity index (χ1) is 13.5. The SMILES string of the molecule is CC(=O)O.O=C(c1onc2ncccc12)N1CCOC2(C[C@H]3CC[C@@H](C2)N3)C1. The summed E-state index contributed by atoms with van der Waals surface area (Å²) >= 11 is 0. The van der Waals surface area contributed by atoms with Crippen molar-refractivity contribution >= 4 is 22.9 Å². The zero-order valence-electron chi connectivity index (χ0n) is 15.8. The second kappa shape index (κ2) is 7.48. The molecule has 2 aromatic rings. The molecule has 3 aliphatic rings. The largest absolute Gasteiger partial charge is 0.481 e. The van der Waals surface area contributed by atoms with Gasteiger partial charge in [-0.2, -0.15) is 0 Å². The Labute approximate surface area is 162 Å². The van der Waals surface area contributed by atoms with Crippen LogP contribution in [0.2, 0.25) is 0 Å². The van der Waals surface area contributed by atoms with Gasteiger partial charge in [-0.3, -0.25) is 9.59 Å². The molecule has 0 saturated carbocycles.